The summed E-state index contributed by atoms with van der Waals surface area (Å²) in [6.07, 6.45) is 8.44. The molecule has 5 rings (SSSR count). The molecular formula is C33H40N2O2. The Bertz CT molecular complexity index is 1140. The molecule has 1 aliphatic heterocycles. The van der Waals surface area contributed by atoms with Crippen LogP contribution in [0, 0.1) is 0 Å². The number of benzene rings is 3. The highest BCUT2D eigenvalue weighted by Crippen LogP contribution is 2.36. The summed E-state index contributed by atoms with van der Waals surface area (Å²) in [6.45, 7) is 4.64. The van der Waals surface area contributed by atoms with Crippen molar-refractivity contribution >= 4 is 16.8 Å². The van der Waals surface area contributed by atoms with E-state index in [0.29, 0.717) is 6.42 Å². The molecule has 2 N–H and O–H groups in total. The first-order valence-electron chi connectivity index (χ1n) is 14.0. The Morgan fingerprint density at radius 1 is 0.703 bits per heavy atom. The third kappa shape index (κ3) is 6.26. The molecule has 3 aromatic carbocycles. The number of aromatic hydroxyl groups is 1. The molecule has 2 fully saturated rings. The first-order chi connectivity index (χ1) is 18.2. The Kier molecular flexibility index (Phi) is 8.60. The van der Waals surface area contributed by atoms with Crippen LogP contribution in [0.25, 0.3) is 11.1 Å². The minimum absolute atomic E-state index is 0.158. The first kappa shape index (κ1) is 25.6. The van der Waals surface area contributed by atoms with Crippen LogP contribution in [-0.4, -0.2) is 53.9 Å². The van der Waals surface area contributed by atoms with Crippen LogP contribution < -0.4 is 4.90 Å². The summed E-state index contributed by atoms with van der Waals surface area (Å²) in [5.74, 6) is 0.266. The highest BCUT2D eigenvalue weighted by molar-refractivity contribution is 5.98. The lowest BCUT2D eigenvalue weighted by atomic mass is 9.87. The van der Waals surface area contributed by atoms with Gasteiger partial charge in [-0.25, -0.2) is 0 Å². The zero-order valence-electron chi connectivity index (χ0n) is 21.9. The van der Waals surface area contributed by atoms with Crippen LogP contribution in [0.2, 0.25) is 0 Å². The van der Waals surface area contributed by atoms with Crippen LogP contribution in [0.15, 0.2) is 78.9 Å². The van der Waals surface area contributed by atoms with E-state index < -0.39 is 0 Å². The van der Waals surface area contributed by atoms with Gasteiger partial charge in [0, 0.05) is 44.5 Å². The fourth-order valence-corrected chi connectivity index (χ4v) is 6.08. The number of phenols is 1. The number of rotatable bonds is 8. The maximum atomic E-state index is 9.93. The van der Waals surface area contributed by atoms with Gasteiger partial charge in [0.2, 0.25) is 0 Å². The van der Waals surface area contributed by atoms with Gasteiger partial charge in [0.05, 0.1) is 0 Å². The lowest BCUT2D eigenvalue weighted by Gasteiger charge is -2.41. The fraction of sp³-hybridized carbons (Fsp3) is 0.394. The molecule has 194 valence electrons. The lowest BCUT2D eigenvalue weighted by molar-refractivity contribution is 0.148. The number of nitrogens with zero attached hydrogens (tertiary/aromatic N) is 2. The smallest absolute Gasteiger partial charge is 0.115 e. The van der Waals surface area contributed by atoms with Crippen molar-refractivity contribution in [3.8, 4) is 5.75 Å². The minimum Gasteiger partial charge on any atom is -0.508 e. The third-order valence-corrected chi connectivity index (χ3v) is 8.09. The van der Waals surface area contributed by atoms with Crippen molar-refractivity contribution in [3.63, 3.8) is 0 Å². The number of aliphatic hydroxyl groups excluding tert-OH is 1. The summed E-state index contributed by atoms with van der Waals surface area (Å²) in [4.78, 5) is 5.25. The van der Waals surface area contributed by atoms with Gasteiger partial charge in [-0.05, 0) is 77.8 Å². The quantitative estimate of drug-likeness (QED) is 0.346. The zero-order chi connectivity index (χ0) is 25.5. The normalized spacial score (nSPS) is 18.0. The molecule has 1 heterocycles. The van der Waals surface area contributed by atoms with Crippen LogP contribution in [0.5, 0.6) is 5.75 Å². The molecule has 2 aliphatic rings. The van der Waals surface area contributed by atoms with Crippen LogP contribution in [0.1, 0.15) is 61.6 Å². The highest BCUT2D eigenvalue weighted by atomic mass is 16.3. The van der Waals surface area contributed by atoms with Crippen LogP contribution >= 0.6 is 0 Å². The SMILES string of the molecule is OCCC/C(=C(\c1ccc(O)cc1)c1ccc(N2CCN(C3CCCCC3)CC2)cc1)c1ccccc1. The molecule has 4 heteroatoms. The van der Waals surface area contributed by atoms with Crippen molar-refractivity contribution in [2.45, 2.75) is 51.0 Å². The van der Waals surface area contributed by atoms with Gasteiger partial charge >= 0.3 is 0 Å². The van der Waals surface area contributed by atoms with E-state index in [0.717, 1.165) is 55.3 Å². The summed E-state index contributed by atoms with van der Waals surface area (Å²) in [7, 11) is 0. The molecule has 0 amide bonds. The van der Waals surface area contributed by atoms with Crippen molar-refractivity contribution in [2.75, 3.05) is 37.7 Å². The summed E-state index contributed by atoms with van der Waals surface area (Å²) >= 11 is 0. The summed E-state index contributed by atoms with van der Waals surface area (Å²) in [5, 5.41) is 19.6. The molecule has 0 unspecified atom stereocenters. The largest absolute Gasteiger partial charge is 0.508 e. The predicted molar refractivity (Wildman–Crippen MR) is 154 cm³/mol. The standard InChI is InChI=1S/C33H40N2O2/c36-25-7-12-32(26-8-3-1-4-9-26)33(28-15-19-31(37)20-16-28)27-13-17-30(18-14-27)35-23-21-34(22-24-35)29-10-5-2-6-11-29/h1,3-4,8-9,13-20,29,36-37H,2,5-7,10-12,21-25H2/b33-32+. The summed E-state index contributed by atoms with van der Waals surface area (Å²) < 4.78 is 0. The monoisotopic (exact) mass is 496 g/mol. The number of allylic oxidation sites excluding steroid dienone is 1. The molecule has 0 bridgehead atoms. The Morgan fingerprint density at radius 2 is 1.32 bits per heavy atom. The Hall–Kier alpha value is -3.08. The molecule has 0 atom stereocenters. The number of aliphatic hydroxyl groups is 1. The topological polar surface area (TPSA) is 46.9 Å². The van der Waals surface area contributed by atoms with Crippen molar-refractivity contribution in [2.24, 2.45) is 0 Å². The Balaban J connectivity index is 1.42. The number of anilines is 1. The predicted octanol–water partition coefficient (Wildman–Crippen LogP) is 6.58. The Labute approximate surface area is 221 Å². The molecule has 1 saturated carbocycles. The van der Waals surface area contributed by atoms with Crippen molar-refractivity contribution in [1.82, 2.24) is 4.90 Å². The van der Waals surface area contributed by atoms with Crippen LogP contribution in [0.3, 0.4) is 0 Å². The third-order valence-electron chi connectivity index (χ3n) is 8.09. The maximum Gasteiger partial charge on any atom is 0.115 e. The van der Waals surface area contributed by atoms with E-state index in [-0.39, 0.29) is 12.4 Å². The fourth-order valence-electron chi connectivity index (χ4n) is 6.08. The van der Waals surface area contributed by atoms with Gasteiger partial charge in [0.25, 0.3) is 0 Å². The molecular weight excluding hydrogens is 456 g/mol. The molecule has 37 heavy (non-hydrogen) atoms. The maximum absolute atomic E-state index is 9.93. The number of hydrogen-bond donors (Lipinski definition) is 2. The molecule has 1 saturated heterocycles. The second-order valence-electron chi connectivity index (χ2n) is 10.5. The van der Waals surface area contributed by atoms with E-state index in [9.17, 15) is 10.2 Å². The van der Waals surface area contributed by atoms with Crippen LogP contribution in [0.4, 0.5) is 5.69 Å². The van der Waals surface area contributed by atoms with E-state index in [1.54, 1.807) is 12.1 Å². The van der Waals surface area contributed by atoms with Crippen molar-refractivity contribution in [3.05, 3.63) is 95.6 Å². The summed E-state index contributed by atoms with van der Waals surface area (Å²) in [5.41, 5.74) is 7.06. The van der Waals surface area contributed by atoms with Gasteiger partial charge in [-0.3, -0.25) is 4.90 Å². The van der Waals surface area contributed by atoms with E-state index in [1.165, 1.54) is 48.9 Å². The molecule has 0 aromatic heterocycles. The second kappa shape index (κ2) is 12.4. The van der Waals surface area contributed by atoms with Gasteiger partial charge in [0.15, 0.2) is 0 Å². The summed E-state index contributed by atoms with van der Waals surface area (Å²) in [6, 6.07) is 27.8. The Morgan fingerprint density at radius 3 is 1.95 bits per heavy atom. The van der Waals surface area contributed by atoms with Gasteiger partial charge in [-0.1, -0.05) is 73.9 Å². The van der Waals surface area contributed by atoms with E-state index >= 15 is 0 Å². The average molecular weight is 497 g/mol. The van der Waals surface area contributed by atoms with Crippen LogP contribution in [-0.2, 0) is 0 Å². The molecule has 1 aliphatic carbocycles. The van der Waals surface area contributed by atoms with Gasteiger partial charge in [0.1, 0.15) is 5.75 Å². The minimum atomic E-state index is 0.158. The number of hydrogen-bond acceptors (Lipinski definition) is 4. The average Bonchev–Trinajstić information content (AvgIpc) is 2.97. The first-order valence-corrected chi connectivity index (χ1v) is 14.0. The number of phenolic OH excluding ortho intramolecular Hbond substituents is 1. The second-order valence-corrected chi connectivity index (χ2v) is 10.5. The van der Waals surface area contributed by atoms with Gasteiger partial charge in [-0.15, -0.1) is 0 Å². The van der Waals surface area contributed by atoms with E-state index in [1.807, 2.05) is 18.2 Å². The van der Waals surface area contributed by atoms with Gasteiger partial charge in [-0.2, -0.15) is 0 Å². The van der Waals surface area contributed by atoms with Crippen molar-refractivity contribution in [1.29, 1.82) is 0 Å². The van der Waals surface area contributed by atoms with E-state index in [2.05, 4.69) is 58.3 Å². The molecule has 4 nitrogen and oxygen atoms in total. The van der Waals surface area contributed by atoms with Crippen molar-refractivity contribution < 1.29 is 10.2 Å². The van der Waals surface area contributed by atoms with E-state index in [4.69, 9.17) is 0 Å². The number of piperazine rings is 1. The molecule has 0 spiro atoms. The lowest BCUT2D eigenvalue weighted by Crippen LogP contribution is -2.50. The highest BCUT2D eigenvalue weighted by Gasteiger charge is 2.25. The molecule has 3 aromatic rings. The molecule has 0 radical (unpaired) electrons. The van der Waals surface area contributed by atoms with Gasteiger partial charge < -0.3 is 15.1 Å². The zero-order valence-corrected chi connectivity index (χ0v) is 21.9.